The Morgan fingerprint density at radius 1 is 1.35 bits per heavy atom. The van der Waals surface area contributed by atoms with Crippen LogP contribution in [0.3, 0.4) is 0 Å². The summed E-state index contributed by atoms with van der Waals surface area (Å²) in [7, 11) is 0. The number of rotatable bonds is 4. The first-order valence-corrected chi connectivity index (χ1v) is 8.94. The van der Waals surface area contributed by atoms with Crippen LogP contribution in [0.2, 0.25) is 5.02 Å². The van der Waals surface area contributed by atoms with Crippen molar-refractivity contribution in [3.8, 4) is 6.01 Å². The van der Waals surface area contributed by atoms with Crippen molar-refractivity contribution in [2.24, 2.45) is 0 Å². The Hall–Kier alpha value is -2.09. The van der Waals surface area contributed by atoms with E-state index < -0.39 is 17.7 Å². The SMILES string of the molecule is CC(NC(=O)OC(C)(C)C)C(=O)N1CCCC(Oc2ncc(Cl)cn2)C1. The highest BCUT2D eigenvalue weighted by Gasteiger charge is 2.29. The molecule has 8 nitrogen and oxygen atoms in total. The number of hydrogen-bond donors (Lipinski definition) is 1. The zero-order valence-corrected chi connectivity index (χ0v) is 16.2. The Morgan fingerprint density at radius 3 is 2.62 bits per heavy atom. The summed E-state index contributed by atoms with van der Waals surface area (Å²) in [6, 6.07) is -0.455. The van der Waals surface area contributed by atoms with E-state index in [0.717, 1.165) is 12.8 Å². The summed E-state index contributed by atoms with van der Waals surface area (Å²) in [4.78, 5) is 34.1. The molecule has 1 aromatic rings. The summed E-state index contributed by atoms with van der Waals surface area (Å²) < 4.78 is 10.9. The van der Waals surface area contributed by atoms with E-state index in [1.807, 2.05) is 0 Å². The van der Waals surface area contributed by atoms with Gasteiger partial charge in [-0.2, -0.15) is 0 Å². The van der Waals surface area contributed by atoms with Gasteiger partial charge in [0.1, 0.15) is 17.7 Å². The monoisotopic (exact) mass is 384 g/mol. The van der Waals surface area contributed by atoms with Crippen LogP contribution in [0.1, 0.15) is 40.5 Å². The highest BCUT2D eigenvalue weighted by atomic mass is 35.5. The van der Waals surface area contributed by atoms with E-state index in [1.54, 1.807) is 32.6 Å². The highest BCUT2D eigenvalue weighted by molar-refractivity contribution is 6.30. The molecule has 1 aliphatic heterocycles. The second-order valence-corrected chi connectivity index (χ2v) is 7.65. The van der Waals surface area contributed by atoms with Gasteiger partial charge < -0.3 is 19.7 Å². The first-order chi connectivity index (χ1) is 12.1. The molecular formula is C17H25ClN4O4. The van der Waals surface area contributed by atoms with Crippen LogP contribution in [0.4, 0.5) is 4.79 Å². The van der Waals surface area contributed by atoms with Gasteiger partial charge in [-0.05, 0) is 40.5 Å². The van der Waals surface area contributed by atoms with Crippen LogP contribution in [-0.2, 0) is 9.53 Å². The summed E-state index contributed by atoms with van der Waals surface area (Å²) in [5, 5.41) is 3.00. The Kier molecular flexibility index (Phi) is 6.63. The largest absolute Gasteiger partial charge is 0.458 e. The van der Waals surface area contributed by atoms with Gasteiger partial charge in [0.15, 0.2) is 0 Å². The van der Waals surface area contributed by atoms with Gasteiger partial charge in [-0.3, -0.25) is 4.79 Å². The summed E-state index contributed by atoms with van der Waals surface area (Å²) >= 11 is 5.76. The number of aromatic nitrogens is 2. The molecule has 144 valence electrons. The molecule has 0 aromatic carbocycles. The number of halogens is 1. The van der Waals surface area contributed by atoms with Crippen molar-refractivity contribution in [1.82, 2.24) is 20.2 Å². The van der Waals surface area contributed by atoms with E-state index >= 15 is 0 Å². The molecule has 26 heavy (non-hydrogen) atoms. The molecule has 1 aliphatic rings. The van der Waals surface area contributed by atoms with Gasteiger partial charge in [0.05, 0.1) is 24.0 Å². The maximum Gasteiger partial charge on any atom is 0.408 e. The standard InChI is InChI=1S/C17H25ClN4O4/c1-11(21-16(24)26-17(2,3)4)14(23)22-7-5-6-13(10-22)25-15-19-8-12(18)9-20-15/h8-9,11,13H,5-7,10H2,1-4H3,(H,21,24). The van der Waals surface area contributed by atoms with E-state index in [-0.39, 0.29) is 18.0 Å². The third kappa shape index (κ3) is 6.33. The van der Waals surface area contributed by atoms with Crippen molar-refractivity contribution in [1.29, 1.82) is 0 Å². The number of nitrogens with one attached hydrogen (secondary N) is 1. The van der Waals surface area contributed by atoms with E-state index in [2.05, 4.69) is 15.3 Å². The number of piperidine rings is 1. The average molecular weight is 385 g/mol. The van der Waals surface area contributed by atoms with Crippen molar-refractivity contribution >= 4 is 23.6 Å². The maximum absolute atomic E-state index is 12.6. The van der Waals surface area contributed by atoms with Crippen LogP contribution in [0.25, 0.3) is 0 Å². The number of carbonyl (C=O) groups excluding carboxylic acids is 2. The summed E-state index contributed by atoms with van der Waals surface area (Å²) in [6.07, 6.45) is 3.69. The van der Waals surface area contributed by atoms with Crippen LogP contribution < -0.4 is 10.1 Å². The molecule has 0 aliphatic carbocycles. The Labute approximate surface area is 158 Å². The minimum atomic E-state index is -0.685. The number of alkyl carbamates (subject to hydrolysis) is 1. The van der Waals surface area contributed by atoms with E-state index in [9.17, 15) is 9.59 Å². The van der Waals surface area contributed by atoms with Crippen molar-refractivity contribution in [2.75, 3.05) is 13.1 Å². The molecule has 0 spiro atoms. The van der Waals surface area contributed by atoms with Gasteiger partial charge in [0, 0.05) is 6.54 Å². The molecule has 2 heterocycles. The van der Waals surface area contributed by atoms with Gasteiger partial charge in [0.25, 0.3) is 0 Å². The lowest BCUT2D eigenvalue weighted by molar-refractivity contribution is -0.135. The summed E-state index contributed by atoms with van der Waals surface area (Å²) in [5.74, 6) is -0.179. The third-order valence-corrected chi connectivity index (χ3v) is 3.86. The molecule has 0 saturated carbocycles. The molecule has 2 amide bonds. The van der Waals surface area contributed by atoms with Gasteiger partial charge in [-0.1, -0.05) is 11.6 Å². The number of likely N-dealkylation sites (tertiary alicyclic amines) is 1. The van der Waals surface area contributed by atoms with Gasteiger partial charge in [-0.15, -0.1) is 0 Å². The number of carbonyl (C=O) groups is 2. The molecule has 1 saturated heterocycles. The Morgan fingerprint density at radius 2 is 2.00 bits per heavy atom. The smallest absolute Gasteiger partial charge is 0.408 e. The van der Waals surface area contributed by atoms with Crippen LogP contribution >= 0.6 is 11.6 Å². The molecule has 0 bridgehead atoms. The van der Waals surface area contributed by atoms with Crippen LogP contribution in [-0.4, -0.2) is 57.7 Å². The fraction of sp³-hybridized carbons (Fsp3) is 0.647. The zero-order chi connectivity index (χ0) is 19.3. The topological polar surface area (TPSA) is 93.7 Å². The number of amides is 2. The van der Waals surface area contributed by atoms with Crippen molar-refractivity contribution in [3.05, 3.63) is 17.4 Å². The van der Waals surface area contributed by atoms with Crippen molar-refractivity contribution in [3.63, 3.8) is 0 Å². The van der Waals surface area contributed by atoms with Gasteiger partial charge >= 0.3 is 12.1 Å². The minimum Gasteiger partial charge on any atom is -0.458 e. The zero-order valence-electron chi connectivity index (χ0n) is 15.5. The lowest BCUT2D eigenvalue weighted by atomic mass is 10.1. The quantitative estimate of drug-likeness (QED) is 0.856. The summed E-state index contributed by atoms with van der Waals surface area (Å²) in [5.41, 5.74) is -0.616. The molecule has 2 rings (SSSR count). The highest BCUT2D eigenvalue weighted by Crippen LogP contribution is 2.17. The maximum atomic E-state index is 12.6. The molecule has 2 unspecified atom stereocenters. The molecular weight excluding hydrogens is 360 g/mol. The van der Waals surface area contributed by atoms with Crippen LogP contribution in [0.15, 0.2) is 12.4 Å². The Balaban J connectivity index is 1.88. The molecule has 2 atom stereocenters. The fourth-order valence-electron chi connectivity index (χ4n) is 2.56. The molecule has 1 aromatic heterocycles. The Bertz CT molecular complexity index is 633. The lowest BCUT2D eigenvalue weighted by Gasteiger charge is -2.34. The predicted molar refractivity (Wildman–Crippen MR) is 96.1 cm³/mol. The van der Waals surface area contributed by atoms with Crippen LogP contribution in [0.5, 0.6) is 6.01 Å². The van der Waals surface area contributed by atoms with Crippen LogP contribution in [0, 0.1) is 0 Å². The van der Waals surface area contributed by atoms with Crippen molar-refractivity contribution in [2.45, 2.75) is 58.3 Å². The average Bonchev–Trinajstić information content (AvgIpc) is 2.54. The predicted octanol–water partition coefficient (Wildman–Crippen LogP) is 2.41. The second-order valence-electron chi connectivity index (χ2n) is 7.22. The summed E-state index contributed by atoms with van der Waals surface area (Å²) in [6.45, 7) is 7.96. The molecule has 1 fully saturated rings. The molecule has 0 radical (unpaired) electrons. The van der Waals surface area contributed by atoms with Crippen molar-refractivity contribution < 1.29 is 19.1 Å². The third-order valence-electron chi connectivity index (χ3n) is 3.66. The molecule has 9 heteroatoms. The second kappa shape index (κ2) is 8.53. The van der Waals surface area contributed by atoms with Gasteiger partial charge in [-0.25, -0.2) is 14.8 Å². The molecule has 1 N–H and O–H groups in total. The number of ether oxygens (including phenoxy) is 2. The first kappa shape index (κ1) is 20.2. The number of nitrogens with zero attached hydrogens (tertiary/aromatic N) is 3. The minimum absolute atomic E-state index is 0.179. The fourth-order valence-corrected chi connectivity index (χ4v) is 2.66. The number of hydrogen-bond acceptors (Lipinski definition) is 6. The normalized spacial score (nSPS) is 18.8. The van der Waals surface area contributed by atoms with Gasteiger partial charge in [0.2, 0.25) is 5.91 Å². The first-order valence-electron chi connectivity index (χ1n) is 8.56. The van der Waals surface area contributed by atoms with E-state index in [0.29, 0.717) is 18.1 Å². The van der Waals surface area contributed by atoms with E-state index in [1.165, 1.54) is 12.4 Å². The lowest BCUT2D eigenvalue weighted by Crippen LogP contribution is -2.52. The van der Waals surface area contributed by atoms with E-state index in [4.69, 9.17) is 21.1 Å².